The van der Waals surface area contributed by atoms with Crippen molar-refractivity contribution in [2.75, 3.05) is 13.7 Å². The van der Waals surface area contributed by atoms with E-state index in [2.05, 4.69) is 37.4 Å². The summed E-state index contributed by atoms with van der Waals surface area (Å²) in [5, 5.41) is 12.4. The van der Waals surface area contributed by atoms with Crippen LogP contribution in [-0.2, 0) is 11.2 Å². The van der Waals surface area contributed by atoms with Gasteiger partial charge in [0, 0.05) is 12.6 Å². The number of aryl methyl sites for hydroxylation is 3. The van der Waals surface area contributed by atoms with Gasteiger partial charge in [0.05, 0.1) is 7.11 Å². The topological polar surface area (TPSA) is 58.6 Å². The van der Waals surface area contributed by atoms with Gasteiger partial charge in [-0.3, -0.25) is 4.79 Å². The molecule has 0 aliphatic rings. The Morgan fingerprint density at radius 3 is 2.68 bits per heavy atom. The third-order valence-corrected chi connectivity index (χ3v) is 4.14. The zero-order chi connectivity index (χ0) is 18.2. The molecule has 0 fully saturated rings. The molecule has 4 nitrogen and oxygen atoms in total. The van der Waals surface area contributed by atoms with Crippen molar-refractivity contribution in [2.45, 2.75) is 26.7 Å². The molecular formula is C21H25NO3. The first-order valence-electron chi connectivity index (χ1n) is 8.38. The quantitative estimate of drug-likeness (QED) is 0.596. The van der Waals surface area contributed by atoms with E-state index in [0.717, 1.165) is 18.4 Å². The minimum atomic E-state index is -0.132. The molecule has 25 heavy (non-hydrogen) atoms. The number of amides is 1. The minimum Gasteiger partial charge on any atom is -0.504 e. The molecular weight excluding hydrogens is 314 g/mol. The summed E-state index contributed by atoms with van der Waals surface area (Å²) >= 11 is 0. The zero-order valence-electron chi connectivity index (χ0n) is 15.0. The molecule has 0 aliphatic heterocycles. The van der Waals surface area contributed by atoms with E-state index >= 15 is 0 Å². The Morgan fingerprint density at radius 1 is 1.16 bits per heavy atom. The lowest BCUT2D eigenvalue weighted by Crippen LogP contribution is -2.22. The molecule has 0 saturated heterocycles. The zero-order valence-corrected chi connectivity index (χ0v) is 15.0. The maximum atomic E-state index is 11.9. The number of phenols is 1. The van der Waals surface area contributed by atoms with Gasteiger partial charge in [-0.1, -0.05) is 24.3 Å². The Morgan fingerprint density at radius 2 is 1.96 bits per heavy atom. The molecule has 132 valence electrons. The van der Waals surface area contributed by atoms with E-state index in [-0.39, 0.29) is 11.7 Å². The highest BCUT2D eigenvalue weighted by Crippen LogP contribution is 2.26. The van der Waals surface area contributed by atoms with Gasteiger partial charge in [0.2, 0.25) is 5.91 Å². The molecule has 0 aliphatic carbocycles. The summed E-state index contributed by atoms with van der Waals surface area (Å²) in [6.45, 7) is 4.86. The number of carbonyl (C=O) groups is 1. The van der Waals surface area contributed by atoms with Crippen molar-refractivity contribution in [2.24, 2.45) is 0 Å². The van der Waals surface area contributed by atoms with Crippen LogP contribution in [0, 0.1) is 13.8 Å². The van der Waals surface area contributed by atoms with Gasteiger partial charge in [-0.15, -0.1) is 0 Å². The molecule has 2 rings (SSSR count). The van der Waals surface area contributed by atoms with Crippen LogP contribution in [0.5, 0.6) is 11.5 Å². The number of nitrogens with one attached hydrogen (secondary N) is 1. The van der Waals surface area contributed by atoms with Crippen LogP contribution in [0.4, 0.5) is 0 Å². The Kier molecular flexibility index (Phi) is 6.63. The Hall–Kier alpha value is -2.75. The van der Waals surface area contributed by atoms with Crippen LogP contribution >= 0.6 is 0 Å². The van der Waals surface area contributed by atoms with Crippen molar-refractivity contribution in [3.63, 3.8) is 0 Å². The molecule has 0 saturated carbocycles. The average molecular weight is 339 g/mol. The summed E-state index contributed by atoms with van der Waals surface area (Å²) in [5.74, 6) is 0.332. The number of hydrogen-bond acceptors (Lipinski definition) is 3. The van der Waals surface area contributed by atoms with Crippen molar-refractivity contribution < 1.29 is 14.6 Å². The highest BCUT2D eigenvalue weighted by molar-refractivity contribution is 5.91. The van der Waals surface area contributed by atoms with Crippen molar-refractivity contribution in [1.82, 2.24) is 5.32 Å². The summed E-state index contributed by atoms with van der Waals surface area (Å²) in [6.07, 6.45) is 5.03. The van der Waals surface area contributed by atoms with Crippen LogP contribution in [0.15, 0.2) is 42.5 Å². The molecule has 0 atom stereocenters. The molecule has 0 spiro atoms. The summed E-state index contributed by atoms with van der Waals surface area (Å²) < 4.78 is 5.05. The van der Waals surface area contributed by atoms with E-state index in [1.165, 1.54) is 29.9 Å². The van der Waals surface area contributed by atoms with Gasteiger partial charge < -0.3 is 15.2 Å². The van der Waals surface area contributed by atoms with Crippen molar-refractivity contribution in [3.8, 4) is 11.5 Å². The monoisotopic (exact) mass is 339 g/mol. The lowest BCUT2D eigenvalue weighted by molar-refractivity contribution is -0.116. The van der Waals surface area contributed by atoms with Gasteiger partial charge in [0.15, 0.2) is 11.5 Å². The first kappa shape index (κ1) is 18.6. The summed E-state index contributed by atoms with van der Waals surface area (Å²) in [7, 11) is 1.49. The normalized spacial score (nSPS) is 10.8. The third kappa shape index (κ3) is 5.68. The standard InChI is InChI=1S/C21H25NO3/c1-15-6-7-17(13-16(15)2)5-4-12-22-21(24)11-9-18-8-10-19(23)20(14-18)25-3/h6-11,13-14,23H,4-5,12H2,1-3H3,(H,22,24)/b11-9+. The number of aromatic hydroxyl groups is 1. The van der Waals surface area contributed by atoms with E-state index in [1.54, 1.807) is 24.3 Å². The fourth-order valence-corrected chi connectivity index (χ4v) is 2.49. The Balaban J connectivity index is 1.77. The first-order chi connectivity index (χ1) is 12.0. The Bertz CT molecular complexity index is 766. The Labute approximate surface area is 149 Å². The average Bonchev–Trinajstić information content (AvgIpc) is 2.61. The van der Waals surface area contributed by atoms with E-state index in [0.29, 0.717) is 12.3 Å². The highest BCUT2D eigenvalue weighted by atomic mass is 16.5. The number of rotatable bonds is 7. The predicted molar refractivity (Wildman–Crippen MR) is 101 cm³/mol. The second-order valence-electron chi connectivity index (χ2n) is 6.08. The molecule has 2 N–H and O–H groups in total. The van der Waals surface area contributed by atoms with Crippen LogP contribution in [-0.4, -0.2) is 24.7 Å². The van der Waals surface area contributed by atoms with Crippen LogP contribution in [0.2, 0.25) is 0 Å². The summed E-state index contributed by atoms with van der Waals surface area (Å²) in [5.41, 5.74) is 4.69. The lowest BCUT2D eigenvalue weighted by Gasteiger charge is -2.06. The van der Waals surface area contributed by atoms with E-state index in [4.69, 9.17) is 4.74 Å². The largest absolute Gasteiger partial charge is 0.504 e. The van der Waals surface area contributed by atoms with Crippen LogP contribution in [0.1, 0.15) is 28.7 Å². The van der Waals surface area contributed by atoms with Gasteiger partial charge in [-0.25, -0.2) is 0 Å². The smallest absolute Gasteiger partial charge is 0.243 e. The number of hydrogen-bond donors (Lipinski definition) is 2. The molecule has 4 heteroatoms. The lowest BCUT2D eigenvalue weighted by atomic mass is 10.0. The van der Waals surface area contributed by atoms with Crippen molar-refractivity contribution in [3.05, 3.63) is 64.7 Å². The molecule has 1 amide bonds. The molecule has 0 radical (unpaired) electrons. The van der Waals surface area contributed by atoms with Crippen LogP contribution in [0.25, 0.3) is 6.08 Å². The number of phenolic OH excluding ortho intramolecular Hbond substituents is 1. The molecule has 0 unspecified atom stereocenters. The number of ether oxygens (including phenoxy) is 1. The predicted octanol–water partition coefficient (Wildman–Crippen LogP) is 3.78. The number of carbonyl (C=O) groups excluding carboxylic acids is 1. The van der Waals surface area contributed by atoms with Gasteiger partial charge in [-0.05, 0) is 67.2 Å². The summed E-state index contributed by atoms with van der Waals surface area (Å²) in [4.78, 5) is 11.9. The second-order valence-corrected chi connectivity index (χ2v) is 6.08. The van der Waals surface area contributed by atoms with Gasteiger partial charge in [0.1, 0.15) is 0 Å². The first-order valence-corrected chi connectivity index (χ1v) is 8.38. The van der Waals surface area contributed by atoms with Crippen LogP contribution < -0.4 is 10.1 Å². The molecule has 0 aromatic heterocycles. The molecule has 2 aromatic rings. The maximum Gasteiger partial charge on any atom is 0.243 e. The van der Waals surface area contributed by atoms with Gasteiger partial charge >= 0.3 is 0 Å². The van der Waals surface area contributed by atoms with E-state index in [1.807, 2.05) is 0 Å². The molecule has 2 aromatic carbocycles. The highest BCUT2D eigenvalue weighted by Gasteiger charge is 2.02. The van der Waals surface area contributed by atoms with E-state index < -0.39 is 0 Å². The second kappa shape index (κ2) is 8.92. The fourth-order valence-electron chi connectivity index (χ4n) is 2.49. The fraction of sp³-hybridized carbons (Fsp3) is 0.286. The maximum absolute atomic E-state index is 11.9. The number of methoxy groups -OCH3 is 1. The van der Waals surface area contributed by atoms with Crippen LogP contribution in [0.3, 0.4) is 0 Å². The van der Waals surface area contributed by atoms with E-state index in [9.17, 15) is 9.90 Å². The summed E-state index contributed by atoms with van der Waals surface area (Å²) in [6, 6.07) is 11.4. The van der Waals surface area contributed by atoms with Crippen molar-refractivity contribution >= 4 is 12.0 Å². The minimum absolute atomic E-state index is 0.0791. The third-order valence-electron chi connectivity index (χ3n) is 4.14. The molecule has 0 bridgehead atoms. The SMILES string of the molecule is COc1cc(/C=C/C(=O)NCCCc2ccc(C)c(C)c2)ccc1O. The van der Waals surface area contributed by atoms with Gasteiger partial charge in [0.25, 0.3) is 0 Å². The van der Waals surface area contributed by atoms with Gasteiger partial charge in [-0.2, -0.15) is 0 Å². The van der Waals surface area contributed by atoms with Crippen molar-refractivity contribution in [1.29, 1.82) is 0 Å². The number of benzene rings is 2. The molecule has 0 heterocycles.